The van der Waals surface area contributed by atoms with E-state index in [0.29, 0.717) is 10.8 Å². The SMILES string of the molecule is N#Cc1c(C#N)c(C#N)c2cc3c(cc2c1C#N)c1c2ccccc2ccc1c1nc2ccccc2n31. The highest BCUT2D eigenvalue weighted by atomic mass is 15.0. The fourth-order valence-corrected chi connectivity index (χ4v) is 5.56. The Morgan fingerprint density at radius 2 is 1.19 bits per heavy atom. The number of para-hydroxylation sites is 2. The summed E-state index contributed by atoms with van der Waals surface area (Å²) in [7, 11) is 0. The summed E-state index contributed by atoms with van der Waals surface area (Å²) in [6.07, 6.45) is 0. The van der Waals surface area contributed by atoms with Crippen molar-refractivity contribution in [2.24, 2.45) is 0 Å². The monoisotopic (exact) mass is 468 g/mol. The van der Waals surface area contributed by atoms with E-state index in [2.05, 4.69) is 40.8 Å². The molecule has 0 aliphatic heterocycles. The Labute approximate surface area is 209 Å². The summed E-state index contributed by atoms with van der Waals surface area (Å²) in [5.41, 5.74) is 3.36. The minimum Gasteiger partial charge on any atom is -0.292 e. The number of aromatic nitrogens is 2. The van der Waals surface area contributed by atoms with Gasteiger partial charge in [-0.15, -0.1) is 0 Å². The van der Waals surface area contributed by atoms with E-state index in [1.54, 1.807) is 0 Å². The molecule has 0 N–H and O–H groups in total. The minimum atomic E-state index is -0.0774. The molecular formula is C31H12N6. The van der Waals surface area contributed by atoms with E-state index in [0.717, 1.165) is 49.1 Å². The molecule has 7 rings (SSSR count). The Kier molecular flexibility index (Phi) is 4.01. The van der Waals surface area contributed by atoms with E-state index in [9.17, 15) is 21.0 Å². The number of imidazole rings is 1. The van der Waals surface area contributed by atoms with E-state index in [-0.39, 0.29) is 22.3 Å². The molecule has 166 valence electrons. The quantitative estimate of drug-likeness (QED) is 0.184. The van der Waals surface area contributed by atoms with Gasteiger partial charge in [0.2, 0.25) is 0 Å². The Morgan fingerprint density at radius 3 is 1.92 bits per heavy atom. The molecule has 6 nitrogen and oxygen atoms in total. The van der Waals surface area contributed by atoms with Crippen LogP contribution in [0.1, 0.15) is 22.3 Å². The zero-order valence-corrected chi connectivity index (χ0v) is 19.1. The number of pyridine rings is 1. The third-order valence-electron chi connectivity index (χ3n) is 7.11. The lowest BCUT2D eigenvalue weighted by Crippen LogP contribution is -1.99. The number of rotatable bonds is 0. The average Bonchev–Trinajstić information content (AvgIpc) is 3.34. The molecule has 0 radical (unpaired) electrons. The molecule has 0 bridgehead atoms. The van der Waals surface area contributed by atoms with Crippen molar-refractivity contribution in [2.75, 3.05) is 0 Å². The molecule has 5 aromatic carbocycles. The summed E-state index contributed by atoms with van der Waals surface area (Å²) < 4.78 is 2.07. The van der Waals surface area contributed by atoms with Crippen molar-refractivity contribution in [1.29, 1.82) is 21.0 Å². The summed E-state index contributed by atoms with van der Waals surface area (Å²) in [4.78, 5) is 4.97. The molecule has 0 fully saturated rings. The summed E-state index contributed by atoms with van der Waals surface area (Å²) in [6.45, 7) is 0. The first-order valence-electron chi connectivity index (χ1n) is 11.5. The Bertz CT molecular complexity index is 2350. The summed E-state index contributed by atoms with van der Waals surface area (Å²) in [5, 5.41) is 45.6. The maximum atomic E-state index is 10.1. The van der Waals surface area contributed by atoms with Crippen LogP contribution in [0, 0.1) is 45.3 Å². The van der Waals surface area contributed by atoms with Gasteiger partial charge in [-0.05, 0) is 41.1 Å². The molecule has 2 aromatic heterocycles. The van der Waals surface area contributed by atoms with Gasteiger partial charge in [0, 0.05) is 26.9 Å². The van der Waals surface area contributed by atoms with Gasteiger partial charge in [-0.2, -0.15) is 21.0 Å². The van der Waals surface area contributed by atoms with Crippen molar-refractivity contribution >= 4 is 59.9 Å². The third kappa shape index (κ3) is 2.51. The highest BCUT2D eigenvalue weighted by Crippen LogP contribution is 2.40. The number of hydrogen-bond donors (Lipinski definition) is 0. The Morgan fingerprint density at radius 1 is 0.541 bits per heavy atom. The second kappa shape index (κ2) is 7.27. The fraction of sp³-hybridized carbons (Fsp3) is 0. The highest BCUT2D eigenvalue weighted by molar-refractivity contribution is 6.26. The van der Waals surface area contributed by atoms with Crippen LogP contribution in [0.15, 0.2) is 72.8 Å². The largest absolute Gasteiger partial charge is 0.292 e. The number of nitrogens with zero attached hydrogens (tertiary/aromatic N) is 6. The average molecular weight is 468 g/mol. The normalized spacial score (nSPS) is 11.1. The number of nitriles is 4. The number of hydrogen-bond acceptors (Lipinski definition) is 5. The van der Waals surface area contributed by atoms with Crippen LogP contribution in [-0.4, -0.2) is 9.38 Å². The van der Waals surface area contributed by atoms with Crippen LogP contribution in [0.2, 0.25) is 0 Å². The molecule has 0 saturated carbocycles. The third-order valence-corrected chi connectivity index (χ3v) is 7.11. The molecule has 0 spiro atoms. The van der Waals surface area contributed by atoms with Gasteiger partial charge in [0.1, 0.15) is 29.9 Å². The molecule has 0 saturated heterocycles. The summed E-state index contributed by atoms with van der Waals surface area (Å²) in [6, 6.07) is 32.0. The van der Waals surface area contributed by atoms with Gasteiger partial charge in [0.15, 0.2) is 0 Å². The molecule has 2 heterocycles. The van der Waals surface area contributed by atoms with Gasteiger partial charge in [-0.3, -0.25) is 4.40 Å². The van der Waals surface area contributed by atoms with Crippen molar-refractivity contribution in [3.8, 4) is 24.3 Å². The van der Waals surface area contributed by atoms with Crippen molar-refractivity contribution in [3.63, 3.8) is 0 Å². The van der Waals surface area contributed by atoms with Gasteiger partial charge in [-0.1, -0.05) is 42.5 Å². The molecule has 0 aliphatic carbocycles. The lowest BCUT2D eigenvalue weighted by molar-refractivity contribution is 1.32. The van der Waals surface area contributed by atoms with Gasteiger partial charge in [-0.25, -0.2) is 4.98 Å². The fourth-order valence-electron chi connectivity index (χ4n) is 5.56. The number of benzene rings is 5. The Hall–Kier alpha value is -5.95. The summed E-state index contributed by atoms with van der Waals surface area (Å²) >= 11 is 0. The van der Waals surface area contributed by atoms with Crippen LogP contribution in [0.25, 0.3) is 59.9 Å². The molecule has 0 aliphatic rings. The topological polar surface area (TPSA) is 112 Å². The minimum absolute atomic E-state index is 0.0725. The first-order chi connectivity index (χ1) is 18.2. The zero-order valence-electron chi connectivity index (χ0n) is 19.1. The standard InChI is InChI=1S/C31H12N6/c32-13-23-20-11-22-29(12-21(20)24(14-33)26(16-35)25(23)15-34)37-28-8-4-3-7-27(28)36-31(37)19-10-9-17-5-1-2-6-18(17)30(19)22/h1-12H. The maximum Gasteiger partial charge on any atom is 0.146 e. The van der Waals surface area contributed by atoms with Crippen molar-refractivity contribution in [1.82, 2.24) is 9.38 Å². The van der Waals surface area contributed by atoms with Gasteiger partial charge >= 0.3 is 0 Å². The Balaban J connectivity index is 1.89. The van der Waals surface area contributed by atoms with Crippen molar-refractivity contribution in [3.05, 3.63) is 95.1 Å². The van der Waals surface area contributed by atoms with Crippen LogP contribution >= 0.6 is 0 Å². The second-order valence-electron chi connectivity index (χ2n) is 8.83. The van der Waals surface area contributed by atoms with Gasteiger partial charge < -0.3 is 0 Å². The first kappa shape index (κ1) is 20.4. The van der Waals surface area contributed by atoms with E-state index in [1.165, 1.54) is 0 Å². The first-order valence-corrected chi connectivity index (χ1v) is 11.5. The predicted molar refractivity (Wildman–Crippen MR) is 142 cm³/mol. The molecule has 6 heteroatoms. The van der Waals surface area contributed by atoms with E-state index in [1.807, 2.05) is 60.7 Å². The second-order valence-corrected chi connectivity index (χ2v) is 8.83. The van der Waals surface area contributed by atoms with E-state index in [4.69, 9.17) is 4.98 Å². The lowest BCUT2D eigenvalue weighted by atomic mass is 9.88. The van der Waals surface area contributed by atoms with Crippen LogP contribution in [0.3, 0.4) is 0 Å². The molecule has 37 heavy (non-hydrogen) atoms. The van der Waals surface area contributed by atoms with Crippen LogP contribution in [0.5, 0.6) is 0 Å². The van der Waals surface area contributed by atoms with Crippen molar-refractivity contribution < 1.29 is 0 Å². The number of fused-ring (bicyclic) bond motifs is 11. The maximum absolute atomic E-state index is 10.1. The summed E-state index contributed by atoms with van der Waals surface area (Å²) in [5.74, 6) is 0. The van der Waals surface area contributed by atoms with Crippen LogP contribution in [0.4, 0.5) is 0 Å². The molecule has 7 aromatic rings. The van der Waals surface area contributed by atoms with Gasteiger partial charge in [0.05, 0.1) is 38.8 Å². The van der Waals surface area contributed by atoms with Gasteiger partial charge in [0.25, 0.3) is 0 Å². The van der Waals surface area contributed by atoms with Crippen molar-refractivity contribution in [2.45, 2.75) is 0 Å². The van der Waals surface area contributed by atoms with Crippen LogP contribution < -0.4 is 0 Å². The van der Waals surface area contributed by atoms with E-state index >= 15 is 0 Å². The lowest BCUT2D eigenvalue weighted by Gasteiger charge is -2.15. The molecular weight excluding hydrogens is 456 g/mol. The smallest absolute Gasteiger partial charge is 0.146 e. The highest BCUT2D eigenvalue weighted by Gasteiger charge is 2.23. The van der Waals surface area contributed by atoms with E-state index < -0.39 is 0 Å². The molecule has 0 amide bonds. The van der Waals surface area contributed by atoms with Crippen LogP contribution in [-0.2, 0) is 0 Å². The zero-order chi connectivity index (χ0) is 25.3. The predicted octanol–water partition coefficient (Wildman–Crippen LogP) is 6.59. The molecule has 0 atom stereocenters. The molecule has 0 unspecified atom stereocenters.